The van der Waals surface area contributed by atoms with Gasteiger partial charge in [0.1, 0.15) is 0 Å². The Hall–Kier alpha value is -1.78. The number of hydrogen-bond donors (Lipinski definition) is 1. The quantitative estimate of drug-likeness (QED) is 0.737. The molecule has 0 radical (unpaired) electrons. The number of fused-ring (bicyclic) bond motifs is 1. The summed E-state index contributed by atoms with van der Waals surface area (Å²) in [5, 5.41) is 0.618. The zero-order valence-electron chi connectivity index (χ0n) is 8.35. The van der Waals surface area contributed by atoms with Gasteiger partial charge in [0.05, 0.1) is 5.56 Å². The van der Waals surface area contributed by atoms with Crippen LogP contribution < -0.4 is 5.56 Å². The lowest BCUT2D eigenvalue weighted by Crippen LogP contribution is -2.08. The molecule has 2 nitrogen and oxygen atoms in total. The predicted octanol–water partition coefficient (Wildman–Crippen LogP) is 2.86. The summed E-state index contributed by atoms with van der Waals surface area (Å²) in [4.78, 5) is 13.5. The molecule has 0 spiro atoms. The predicted molar refractivity (Wildman–Crippen MR) is 54.3 cm³/mol. The van der Waals surface area contributed by atoms with E-state index in [2.05, 4.69) is 4.98 Å². The van der Waals surface area contributed by atoms with Crippen molar-refractivity contribution in [3.63, 3.8) is 0 Å². The summed E-state index contributed by atoms with van der Waals surface area (Å²) in [5.74, 6) is 0. The minimum atomic E-state index is -4.39. The van der Waals surface area contributed by atoms with Gasteiger partial charge in [0, 0.05) is 17.0 Å². The standard InChI is InChI=1S/C11H8F3NO/c1-6-4-10(16)15-9-5-7(11(12,13)14)2-3-8(6)9/h2-5H,1H3,(H,15,16). The minimum absolute atomic E-state index is 0.208. The first-order chi connectivity index (χ1) is 7.38. The van der Waals surface area contributed by atoms with Gasteiger partial charge in [-0.15, -0.1) is 0 Å². The first-order valence-corrected chi connectivity index (χ1v) is 4.59. The first kappa shape index (κ1) is 10.7. The number of pyridine rings is 1. The van der Waals surface area contributed by atoms with Gasteiger partial charge in [0.25, 0.3) is 0 Å². The third kappa shape index (κ3) is 1.80. The SMILES string of the molecule is Cc1cc(=O)[nH]c2cc(C(F)(F)F)ccc12. The van der Waals surface area contributed by atoms with Gasteiger partial charge in [0.15, 0.2) is 0 Å². The number of aromatic nitrogens is 1. The molecule has 0 unspecified atom stereocenters. The molecule has 0 atom stereocenters. The summed E-state index contributed by atoms with van der Waals surface area (Å²) in [6, 6.07) is 4.68. The van der Waals surface area contributed by atoms with Crippen LogP contribution in [0.25, 0.3) is 10.9 Å². The second-order valence-electron chi connectivity index (χ2n) is 3.57. The first-order valence-electron chi connectivity index (χ1n) is 4.59. The molecule has 0 aliphatic rings. The van der Waals surface area contributed by atoms with Gasteiger partial charge in [-0.05, 0) is 24.6 Å². The zero-order chi connectivity index (χ0) is 11.9. The number of aromatic amines is 1. The number of halogens is 3. The van der Waals surface area contributed by atoms with Crippen molar-refractivity contribution < 1.29 is 13.2 Å². The lowest BCUT2D eigenvalue weighted by Gasteiger charge is -2.08. The van der Waals surface area contributed by atoms with E-state index >= 15 is 0 Å². The van der Waals surface area contributed by atoms with Gasteiger partial charge in [-0.3, -0.25) is 4.79 Å². The van der Waals surface area contributed by atoms with E-state index in [0.29, 0.717) is 10.9 Å². The molecule has 0 aliphatic carbocycles. The molecule has 84 valence electrons. The molecular weight excluding hydrogens is 219 g/mol. The van der Waals surface area contributed by atoms with E-state index in [9.17, 15) is 18.0 Å². The molecule has 2 rings (SSSR count). The Labute approximate surface area is 88.7 Å². The average molecular weight is 227 g/mol. The Morgan fingerprint density at radius 2 is 1.88 bits per heavy atom. The monoisotopic (exact) mass is 227 g/mol. The van der Waals surface area contributed by atoms with Gasteiger partial charge >= 0.3 is 6.18 Å². The normalized spacial score (nSPS) is 12.0. The number of benzene rings is 1. The second-order valence-corrected chi connectivity index (χ2v) is 3.57. The van der Waals surface area contributed by atoms with Gasteiger partial charge in [-0.1, -0.05) is 6.07 Å². The van der Waals surface area contributed by atoms with Crippen molar-refractivity contribution in [2.45, 2.75) is 13.1 Å². The summed E-state index contributed by atoms with van der Waals surface area (Å²) in [6.07, 6.45) is -4.39. The lowest BCUT2D eigenvalue weighted by molar-refractivity contribution is -0.137. The summed E-state index contributed by atoms with van der Waals surface area (Å²) in [5.41, 5.74) is -0.294. The number of nitrogens with one attached hydrogen (secondary N) is 1. The third-order valence-corrected chi connectivity index (χ3v) is 2.38. The Bertz CT molecular complexity index is 598. The highest BCUT2D eigenvalue weighted by atomic mass is 19.4. The Kier molecular flexibility index (Phi) is 2.26. The van der Waals surface area contributed by atoms with Crippen molar-refractivity contribution in [1.29, 1.82) is 0 Å². The maximum Gasteiger partial charge on any atom is 0.416 e. The zero-order valence-corrected chi connectivity index (χ0v) is 8.35. The maximum atomic E-state index is 12.4. The summed E-state index contributed by atoms with van der Waals surface area (Å²) in [7, 11) is 0. The van der Waals surface area contributed by atoms with Crippen LogP contribution in [0.5, 0.6) is 0 Å². The maximum absolute atomic E-state index is 12.4. The smallest absolute Gasteiger partial charge is 0.322 e. The van der Waals surface area contributed by atoms with Crippen molar-refractivity contribution in [1.82, 2.24) is 4.98 Å². The number of aryl methyl sites for hydroxylation is 1. The highest BCUT2D eigenvalue weighted by molar-refractivity contribution is 5.82. The lowest BCUT2D eigenvalue weighted by atomic mass is 10.1. The average Bonchev–Trinajstić information content (AvgIpc) is 2.15. The number of rotatable bonds is 0. The largest absolute Gasteiger partial charge is 0.416 e. The van der Waals surface area contributed by atoms with Crippen molar-refractivity contribution in [3.8, 4) is 0 Å². The highest BCUT2D eigenvalue weighted by Crippen LogP contribution is 2.31. The minimum Gasteiger partial charge on any atom is -0.322 e. The second kappa shape index (κ2) is 3.37. The molecule has 1 aromatic heterocycles. The molecule has 5 heteroatoms. The van der Waals surface area contributed by atoms with Gasteiger partial charge in [0.2, 0.25) is 5.56 Å². The molecule has 0 saturated carbocycles. The fourth-order valence-corrected chi connectivity index (χ4v) is 1.61. The van der Waals surface area contributed by atoms with Crippen LogP contribution in [0.1, 0.15) is 11.1 Å². The molecule has 1 heterocycles. The summed E-state index contributed by atoms with van der Waals surface area (Å²) < 4.78 is 37.3. The fourth-order valence-electron chi connectivity index (χ4n) is 1.61. The fraction of sp³-hybridized carbons (Fsp3) is 0.182. The summed E-state index contributed by atoms with van der Waals surface area (Å²) in [6.45, 7) is 1.69. The van der Waals surface area contributed by atoms with Gasteiger partial charge < -0.3 is 4.98 Å². The van der Waals surface area contributed by atoms with Crippen LogP contribution >= 0.6 is 0 Å². The molecule has 1 N–H and O–H groups in total. The van der Waals surface area contributed by atoms with Crippen LogP contribution in [-0.2, 0) is 6.18 Å². The van der Waals surface area contributed by atoms with Gasteiger partial charge in [-0.2, -0.15) is 13.2 Å². The van der Waals surface area contributed by atoms with E-state index < -0.39 is 17.3 Å². The molecule has 2 aromatic rings. The highest BCUT2D eigenvalue weighted by Gasteiger charge is 2.30. The molecule has 0 bridgehead atoms. The van der Waals surface area contributed by atoms with Crippen molar-refractivity contribution in [3.05, 3.63) is 45.7 Å². The molecule has 0 aliphatic heterocycles. The van der Waals surface area contributed by atoms with Crippen LogP contribution in [0.15, 0.2) is 29.1 Å². The molecule has 1 aromatic carbocycles. The van der Waals surface area contributed by atoms with E-state index in [1.165, 1.54) is 12.1 Å². The Morgan fingerprint density at radius 3 is 2.50 bits per heavy atom. The van der Waals surface area contributed by atoms with Crippen LogP contribution in [0, 0.1) is 6.92 Å². The molecule has 0 fully saturated rings. The number of H-pyrrole nitrogens is 1. The van der Waals surface area contributed by atoms with Gasteiger partial charge in [-0.25, -0.2) is 0 Å². The molecule has 0 amide bonds. The van der Waals surface area contributed by atoms with E-state index in [4.69, 9.17) is 0 Å². The van der Waals surface area contributed by atoms with Crippen LogP contribution in [0.2, 0.25) is 0 Å². The van der Waals surface area contributed by atoms with Crippen molar-refractivity contribution in [2.24, 2.45) is 0 Å². The van der Waals surface area contributed by atoms with E-state index in [1.807, 2.05) is 0 Å². The number of alkyl halides is 3. The molecule has 16 heavy (non-hydrogen) atoms. The van der Waals surface area contributed by atoms with Crippen molar-refractivity contribution in [2.75, 3.05) is 0 Å². The third-order valence-electron chi connectivity index (χ3n) is 2.38. The van der Waals surface area contributed by atoms with Crippen LogP contribution in [-0.4, -0.2) is 4.98 Å². The van der Waals surface area contributed by atoms with E-state index in [-0.39, 0.29) is 5.52 Å². The molecule has 0 saturated heterocycles. The Morgan fingerprint density at radius 1 is 1.19 bits per heavy atom. The Balaban J connectivity index is 2.76. The topological polar surface area (TPSA) is 32.9 Å². The van der Waals surface area contributed by atoms with Crippen LogP contribution in [0.3, 0.4) is 0 Å². The summed E-state index contributed by atoms with van der Waals surface area (Å²) >= 11 is 0. The number of hydrogen-bond acceptors (Lipinski definition) is 1. The van der Waals surface area contributed by atoms with Crippen molar-refractivity contribution >= 4 is 10.9 Å². The molecular formula is C11H8F3NO. The van der Waals surface area contributed by atoms with E-state index in [1.54, 1.807) is 6.92 Å². The van der Waals surface area contributed by atoms with E-state index in [0.717, 1.165) is 12.1 Å². The van der Waals surface area contributed by atoms with Crippen LogP contribution in [0.4, 0.5) is 13.2 Å².